The van der Waals surface area contributed by atoms with Crippen LogP contribution < -0.4 is 0 Å². The van der Waals surface area contributed by atoms with Gasteiger partial charge in [0.1, 0.15) is 0 Å². The fraction of sp³-hybridized carbons (Fsp3) is 0.500. The van der Waals surface area contributed by atoms with Crippen molar-refractivity contribution in [1.82, 2.24) is 9.99 Å². The standard InChI is InChI=1S/C18H23N5O3/c1-11(2)17(23-10-14(21-22-23)4-3-7-19-26)16-8-12-5-6-13(18(24)25)9-15(12)20-16/h5-6,8-9,11,14,17,20H,3-4,7,10H2,1-2H3,(H,24,25). The lowest BCUT2D eigenvalue weighted by atomic mass is 9.99. The van der Waals surface area contributed by atoms with Crippen LogP contribution in [0.1, 0.15) is 48.8 Å². The summed E-state index contributed by atoms with van der Waals surface area (Å²) in [5.74, 6) is -0.652. The lowest BCUT2D eigenvalue weighted by Crippen LogP contribution is -2.29. The van der Waals surface area contributed by atoms with Gasteiger partial charge in [0.25, 0.3) is 0 Å². The van der Waals surface area contributed by atoms with Gasteiger partial charge in [0.05, 0.1) is 30.7 Å². The molecule has 1 aromatic heterocycles. The van der Waals surface area contributed by atoms with E-state index in [4.69, 9.17) is 5.11 Å². The summed E-state index contributed by atoms with van der Waals surface area (Å²) in [7, 11) is 0. The average molecular weight is 357 g/mol. The molecule has 8 heteroatoms. The van der Waals surface area contributed by atoms with Crippen molar-refractivity contribution in [3.05, 3.63) is 40.4 Å². The van der Waals surface area contributed by atoms with Gasteiger partial charge >= 0.3 is 5.97 Å². The molecule has 0 saturated carbocycles. The zero-order chi connectivity index (χ0) is 18.7. The molecule has 0 fully saturated rings. The number of hydrogen-bond acceptors (Lipinski definition) is 6. The maximum atomic E-state index is 11.2. The normalized spacial score (nSPS) is 18.0. The van der Waals surface area contributed by atoms with E-state index in [2.05, 4.69) is 34.3 Å². The molecule has 2 N–H and O–H groups in total. The summed E-state index contributed by atoms with van der Waals surface area (Å²) in [4.78, 5) is 24.7. The van der Waals surface area contributed by atoms with Crippen molar-refractivity contribution in [3.8, 4) is 0 Å². The fourth-order valence-electron chi connectivity index (χ4n) is 3.44. The third-order valence-electron chi connectivity index (χ3n) is 4.68. The van der Waals surface area contributed by atoms with E-state index in [0.29, 0.717) is 13.1 Å². The molecule has 3 rings (SSSR count). The van der Waals surface area contributed by atoms with Crippen molar-refractivity contribution < 1.29 is 9.90 Å². The molecule has 26 heavy (non-hydrogen) atoms. The predicted molar refractivity (Wildman–Crippen MR) is 98.1 cm³/mol. The summed E-state index contributed by atoms with van der Waals surface area (Å²) < 4.78 is 0. The number of carbonyl (C=O) groups is 1. The topological polar surface area (TPSA) is 110 Å². The number of nitrogens with zero attached hydrogens (tertiary/aromatic N) is 4. The van der Waals surface area contributed by atoms with Gasteiger partial charge in [-0.3, -0.25) is 5.01 Å². The average Bonchev–Trinajstić information content (AvgIpc) is 3.21. The van der Waals surface area contributed by atoms with Gasteiger partial charge in [-0.05, 0) is 42.3 Å². The van der Waals surface area contributed by atoms with E-state index >= 15 is 0 Å². The number of carboxylic acids is 1. The van der Waals surface area contributed by atoms with Gasteiger partial charge in [0, 0.05) is 11.2 Å². The highest BCUT2D eigenvalue weighted by atomic mass is 16.4. The molecular weight excluding hydrogens is 334 g/mol. The third kappa shape index (κ3) is 3.74. The Morgan fingerprint density at radius 2 is 2.23 bits per heavy atom. The second-order valence-electron chi connectivity index (χ2n) is 7.00. The van der Waals surface area contributed by atoms with E-state index in [1.54, 1.807) is 12.1 Å². The van der Waals surface area contributed by atoms with Crippen LogP contribution in [0.15, 0.2) is 39.8 Å². The van der Waals surface area contributed by atoms with E-state index in [-0.39, 0.29) is 23.6 Å². The summed E-state index contributed by atoms with van der Waals surface area (Å²) >= 11 is 0. The first kappa shape index (κ1) is 18.0. The van der Waals surface area contributed by atoms with Crippen LogP contribution in [0, 0.1) is 10.8 Å². The maximum absolute atomic E-state index is 11.2. The van der Waals surface area contributed by atoms with Crippen LogP contribution in [0.5, 0.6) is 0 Å². The monoisotopic (exact) mass is 357 g/mol. The van der Waals surface area contributed by atoms with Crippen molar-refractivity contribution in [3.63, 3.8) is 0 Å². The van der Waals surface area contributed by atoms with Gasteiger partial charge in [-0.2, -0.15) is 10.0 Å². The van der Waals surface area contributed by atoms with Crippen LogP contribution in [-0.2, 0) is 0 Å². The summed E-state index contributed by atoms with van der Waals surface area (Å²) in [6.45, 7) is 5.26. The minimum Gasteiger partial charge on any atom is -0.478 e. The zero-order valence-electron chi connectivity index (χ0n) is 14.9. The first-order valence-electron chi connectivity index (χ1n) is 8.82. The number of H-pyrrole nitrogens is 1. The van der Waals surface area contributed by atoms with Gasteiger partial charge in [-0.1, -0.05) is 30.3 Å². The van der Waals surface area contributed by atoms with Crippen LogP contribution in [0.3, 0.4) is 0 Å². The molecule has 0 aliphatic carbocycles. The Bertz CT molecular complexity index is 829. The maximum Gasteiger partial charge on any atom is 0.335 e. The largest absolute Gasteiger partial charge is 0.478 e. The van der Waals surface area contributed by atoms with Crippen LogP contribution in [-0.4, -0.2) is 40.2 Å². The quantitative estimate of drug-likeness (QED) is 0.546. The molecule has 1 aliphatic heterocycles. The molecule has 0 spiro atoms. The lowest BCUT2D eigenvalue weighted by molar-refractivity contribution is 0.0697. The highest BCUT2D eigenvalue weighted by Gasteiger charge is 2.30. The molecular formula is C18H23N5O3. The SMILES string of the molecule is CC(C)C(c1cc2ccc(C(=O)O)cc2[nH]1)N1CC(CCCN=O)N=N1. The van der Waals surface area contributed by atoms with E-state index in [1.165, 1.54) is 0 Å². The number of fused-ring (bicyclic) bond motifs is 1. The number of aromatic amines is 1. The smallest absolute Gasteiger partial charge is 0.335 e. The summed E-state index contributed by atoms with van der Waals surface area (Å²) in [5, 5.41) is 23.7. The number of rotatable bonds is 8. The Labute approximate surface area is 151 Å². The number of aromatic nitrogens is 1. The predicted octanol–water partition coefficient (Wildman–Crippen LogP) is 4.16. The molecule has 2 unspecified atom stereocenters. The minimum atomic E-state index is -0.940. The van der Waals surface area contributed by atoms with Crippen LogP contribution >= 0.6 is 0 Å². The molecule has 138 valence electrons. The van der Waals surface area contributed by atoms with Gasteiger partial charge in [-0.15, -0.1) is 0 Å². The molecule has 2 heterocycles. The first-order chi connectivity index (χ1) is 12.5. The molecule has 0 radical (unpaired) electrons. The van der Waals surface area contributed by atoms with Crippen LogP contribution in [0.2, 0.25) is 0 Å². The highest BCUT2D eigenvalue weighted by molar-refractivity contribution is 5.93. The molecule has 1 aliphatic rings. The van der Waals surface area contributed by atoms with Gasteiger partial charge < -0.3 is 10.1 Å². The lowest BCUT2D eigenvalue weighted by Gasteiger charge is -2.28. The molecule has 0 amide bonds. The van der Waals surface area contributed by atoms with E-state index in [9.17, 15) is 9.70 Å². The van der Waals surface area contributed by atoms with E-state index in [1.807, 2.05) is 17.1 Å². The van der Waals surface area contributed by atoms with Crippen molar-refractivity contribution in [1.29, 1.82) is 0 Å². The summed E-state index contributed by atoms with van der Waals surface area (Å²) in [6.07, 6.45) is 1.52. The van der Waals surface area contributed by atoms with Gasteiger partial charge in [0.15, 0.2) is 0 Å². The Morgan fingerprint density at radius 3 is 2.92 bits per heavy atom. The molecule has 1 aromatic carbocycles. The van der Waals surface area contributed by atoms with Gasteiger partial charge in [-0.25, -0.2) is 4.79 Å². The third-order valence-corrected chi connectivity index (χ3v) is 4.68. The van der Waals surface area contributed by atoms with E-state index in [0.717, 1.165) is 29.4 Å². The number of hydrogen-bond donors (Lipinski definition) is 2. The number of aromatic carboxylic acids is 1. The number of nitroso groups, excluding NO2 is 1. The molecule has 0 bridgehead atoms. The van der Waals surface area contributed by atoms with Crippen molar-refractivity contribution in [2.75, 3.05) is 13.1 Å². The Hall–Kier alpha value is -2.77. The highest BCUT2D eigenvalue weighted by Crippen LogP contribution is 2.33. The second kappa shape index (κ2) is 7.63. The van der Waals surface area contributed by atoms with Crippen molar-refractivity contribution in [2.45, 2.75) is 38.8 Å². The van der Waals surface area contributed by atoms with Crippen LogP contribution in [0.25, 0.3) is 10.9 Å². The zero-order valence-corrected chi connectivity index (χ0v) is 14.9. The fourth-order valence-corrected chi connectivity index (χ4v) is 3.44. The first-order valence-corrected chi connectivity index (χ1v) is 8.82. The molecule has 2 aromatic rings. The van der Waals surface area contributed by atoms with Gasteiger partial charge in [0.2, 0.25) is 0 Å². The van der Waals surface area contributed by atoms with Crippen molar-refractivity contribution >= 4 is 16.9 Å². The number of carboxylic acid groups (broad SMARTS) is 1. The summed E-state index contributed by atoms with van der Waals surface area (Å²) in [5.41, 5.74) is 2.05. The molecule has 8 nitrogen and oxygen atoms in total. The number of benzene rings is 1. The molecule has 0 saturated heterocycles. The molecule has 2 atom stereocenters. The van der Waals surface area contributed by atoms with Crippen LogP contribution in [0.4, 0.5) is 0 Å². The number of nitrogens with one attached hydrogen (secondary N) is 1. The Kier molecular flexibility index (Phi) is 5.29. The minimum absolute atomic E-state index is 0.0219. The summed E-state index contributed by atoms with van der Waals surface area (Å²) in [6, 6.07) is 7.23. The Morgan fingerprint density at radius 1 is 1.42 bits per heavy atom. The van der Waals surface area contributed by atoms with Crippen molar-refractivity contribution in [2.24, 2.45) is 21.4 Å². The van der Waals surface area contributed by atoms with E-state index < -0.39 is 5.97 Å². The second-order valence-corrected chi connectivity index (χ2v) is 7.00. The Balaban J connectivity index is 1.80.